The number of nitrogens with one attached hydrogen (secondary N) is 1. The van der Waals surface area contributed by atoms with Crippen molar-refractivity contribution in [1.82, 2.24) is 5.32 Å². The van der Waals surface area contributed by atoms with Gasteiger partial charge in [-0.3, -0.25) is 0 Å². The van der Waals surface area contributed by atoms with E-state index in [0.717, 1.165) is 17.7 Å². The molecule has 0 bridgehead atoms. The maximum Gasteiger partial charge on any atom is 0.340 e. The molecule has 1 aliphatic carbocycles. The number of esters is 1. The number of carbonyl (C=O) groups excluding carboxylic acids is 1. The van der Waals surface area contributed by atoms with Gasteiger partial charge >= 0.3 is 5.97 Å². The van der Waals surface area contributed by atoms with Gasteiger partial charge in [0.1, 0.15) is 5.82 Å². The van der Waals surface area contributed by atoms with E-state index in [-0.39, 0.29) is 5.56 Å². The number of carbonyl (C=O) groups is 1. The van der Waals surface area contributed by atoms with Gasteiger partial charge in [0.25, 0.3) is 0 Å². The highest BCUT2D eigenvalue weighted by molar-refractivity contribution is 5.90. The van der Waals surface area contributed by atoms with Crippen LogP contribution in [0.25, 0.3) is 11.1 Å². The van der Waals surface area contributed by atoms with Crippen LogP contribution in [0.1, 0.15) is 28.8 Å². The molecule has 1 N–H and O–H groups in total. The second kappa shape index (κ2) is 6.28. The van der Waals surface area contributed by atoms with Crippen molar-refractivity contribution in [1.29, 1.82) is 0 Å². The molecule has 0 unspecified atom stereocenters. The second-order valence-electron chi connectivity index (χ2n) is 5.54. The maximum atomic E-state index is 14.0. The summed E-state index contributed by atoms with van der Waals surface area (Å²) < 4.78 is 18.6. The zero-order valence-corrected chi connectivity index (χ0v) is 12.4. The molecular weight excluding hydrogens is 281 g/mol. The molecule has 0 spiro atoms. The van der Waals surface area contributed by atoms with Crippen molar-refractivity contribution in [3.8, 4) is 11.1 Å². The SMILES string of the molecule is COC(=O)c1ccc(-c2cccc(CNC3CC3)c2)cc1F. The minimum Gasteiger partial charge on any atom is -0.465 e. The van der Waals surface area contributed by atoms with Crippen LogP contribution in [-0.2, 0) is 11.3 Å². The summed E-state index contributed by atoms with van der Waals surface area (Å²) in [6.45, 7) is 0.821. The third-order valence-corrected chi connectivity index (χ3v) is 3.81. The molecule has 3 rings (SSSR count). The molecule has 22 heavy (non-hydrogen) atoms. The summed E-state index contributed by atoms with van der Waals surface area (Å²) in [5.41, 5.74) is 2.81. The smallest absolute Gasteiger partial charge is 0.340 e. The van der Waals surface area contributed by atoms with E-state index < -0.39 is 11.8 Å². The van der Waals surface area contributed by atoms with Gasteiger partial charge in [-0.15, -0.1) is 0 Å². The van der Waals surface area contributed by atoms with Crippen LogP contribution < -0.4 is 5.32 Å². The van der Waals surface area contributed by atoms with Crippen LogP contribution in [0.2, 0.25) is 0 Å². The van der Waals surface area contributed by atoms with Crippen molar-refractivity contribution in [3.05, 3.63) is 59.4 Å². The zero-order chi connectivity index (χ0) is 15.5. The third-order valence-electron chi connectivity index (χ3n) is 3.81. The van der Waals surface area contributed by atoms with E-state index >= 15 is 0 Å². The van der Waals surface area contributed by atoms with Crippen molar-refractivity contribution in [2.75, 3.05) is 7.11 Å². The topological polar surface area (TPSA) is 38.3 Å². The van der Waals surface area contributed by atoms with Gasteiger partial charge < -0.3 is 10.1 Å². The van der Waals surface area contributed by atoms with Crippen LogP contribution in [-0.4, -0.2) is 19.1 Å². The quantitative estimate of drug-likeness (QED) is 0.858. The minimum atomic E-state index is -0.661. The van der Waals surface area contributed by atoms with E-state index in [0.29, 0.717) is 6.04 Å². The number of benzene rings is 2. The van der Waals surface area contributed by atoms with Crippen molar-refractivity contribution >= 4 is 5.97 Å². The molecule has 0 amide bonds. The number of methoxy groups -OCH3 is 1. The van der Waals surface area contributed by atoms with E-state index in [9.17, 15) is 9.18 Å². The van der Waals surface area contributed by atoms with Gasteiger partial charge in [-0.05, 0) is 47.7 Å². The number of hydrogen-bond acceptors (Lipinski definition) is 3. The van der Waals surface area contributed by atoms with E-state index in [4.69, 9.17) is 0 Å². The monoisotopic (exact) mass is 299 g/mol. The standard InChI is InChI=1S/C18H18FNO2/c1-22-18(21)16-8-5-14(10-17(16)19)13-4-2-3-12(9-13)11-20-15-6-7-15/h2-5,8-10,15,20H,6-7,11H2,1H3. The van der Waals surface area contributed by atoms with Crippen LogP contribution in [0.3, 0.4) is 0 Å². The van der Waals surface area contributed by atoms with Gasteiger partial charge in [0.2, 0.25) is 0 Å². The summed E-state index contributed by atoms with van der Waals surface area (Å²) in [6.07, 6.45) is 2.50. The number of rotatable bonds is 5. The largest absolute Gasteiger partial charge is 0.465 e. The molecule has 2 aromatic carbocycles. The summed E-state index contributed by atoms with van der Waals surface area (Å²) in [7, 11) is 1.24. The number of hydrogen-bond donors (Lipinski definition) is 1. The van der Waals surface area contributed by atoms with Crippen LogP contribution in [0.5, 0.6) is 0 Å². The predicted octanol–water partition coefficient (Wildman–Crippen LogP) is 3.53. The molecule has 1 saturated carbocycles. The van der Waals surface area contributed by atoms with Gasteiger partial charge in [0.05, 0.1) is 12.7 Å². The van der Waals surface area contributed by atoms with Crippen LogP contribution >= 0.6 is 0 Å². The summed E-state index contributed by atoms with van der Waals surface area (Å²) in [5, 5.41) is 3.46. The van der Waals surface area contributed by atoms with Crippen LogP contribution in [0.4, 0.5) is 4.39 Å². The lowest BCUT2D eigenvalue weighted by Crippen LogP contribution is -2.15. The Morgan fingerprint density at radius 1 is 1.23 bits per heavy atom. The van der Waals surface area contributed by atoms with Gasteiger partial charge in [0, 0.05) is 12.6 Å². The van der Waals surface area contributed by atoms with Gasteiger partial charge in [-0.2, -0.15) is 0 Å². The molecule has 1 aliphatic rings. The van der Waals surface area contributed by atoms with Crippen LogP contribution in [0.15, 0.2) is 42.5 Å². The second-order valence-corrected chi connectivity index (χ2v) is 5.54. The number of halogens is 1. The minimum absolute atomic E-state index is 0.0437. The van der Waals surface area contributed by atoms with Crippen molar-refractivity contribution in [3.63, 3.8) is 0 Å². The Kier molecular flexibility index (Phi) is 4.20. The Morgan fingerprint density at radius 2 is 2.00 bits per heavy atom. The van der Waals surface area contributed by atoms with Crippen molar-refractivity contribution in [2.45, 2.75) is 25.4 Å². The first-order chi connectivity index (χ1) is 10.7. The average molecular weight is 299 g/mol. The molecular formula is C18H18FNO2. The van der Waals surface area contributed by atoms with E-state index in [2.05, 4.69) is 16.1 Å². The zero-order valence-electron chi connectivity index (χ0n) is 12.4. The molecule has 0 radical (unpaired) electrons. The highest BCUT2D eigenvalue weighted by Crippen LogP contribution is 2.24. The van der Waals surface area contributed by atoms with Gasteiger partial charge in [0.15, 0.2) is 0 Å². The Bertz CT molecular complexity index is 695. The van der Waals surface area contributed by atoms with Gasteiger partial charge in [-0.1, -0.05) is 24.3 Å². The molecule has 0 saturated heterocycles. The maximum absolute atomic E-state index is 14.0. The lowest BCUT2D eigenvalue weighted by atomic mass is 10.0. The molecule has 0 heterocycles. The van der Waals surface area contributed by atoms with E-state index in [1.807, 2.05) is 18.2 Å². The highest BCUT2D eigenvalue weighted by atomic mass is 19.1. The van der Waals surface area contributed by atoms with E-state index in [1.54, 1.807) is 6.07 Å². The summed E-state index contributed by atoms with van der Waals surface area (Å²) in [6, 6.07) is 13.2. The van der Waals surface area contributed by atoms with Gasteiger partial charge in [-0.25, -0.2) is 9.18 Å². The van der Waals surface area contributed by atoms with Crippen LogP contribution in [0, 0.1) is 5.82 Å². The van der Waals surface area contributed by atoms with Crippen molar-refractivity contribution in [2.24, 2.45) is 0 Å². The Balaban J connectivity index is 1.82. The average Bonchev–Trinajstić information content (AvgIpc) is 3.37. The fourth-order valence-corrected chi connectivity index (χ4v) is 2.38. The predicted molar refractivity (Wildman–Crippen MR) is 83.0 cm³/mol. The first-order valence-corrected chi connectivity index (χ1v) is 7.38. The Labute approximate surface area is 129 Å². The van der Waals surface area contributed by atoms with E-state index in [1.165, 1.54) is 37.6 Å². The Morgan fingerprint density at radius 3 is 2.68 bits per heavy atom. The first-order valence-electron chi connectivity index (χ1n) is 7.38. The fraction of sp³-hybridized carbons (Fsp3) is 0.278. The molecule has 4 heteroatoms. The Hall–Kier alpha value is -2.20. The summed E-state index contributed by atoms with van der Waals surface area (Å²) >= 11 is 0. The first kappa shape index (κ1) is 14.7. The third kappa shape index (κ3) is 3.34. The molecule has 0 aromatic heterocycles. The molecule has 0 aliphatic heterocycles. The molecule has 1 fully saturated rings. The molecule has 114 valence electrons. The summed E-state index contributed by atoms with van der Waals surface area (Å²) in [5.74, 6) is -1.22. The lowest BCUT2D eigenvalue weighted by molar-refractivity contribution is 0.0595. The fourth-order valence-electron chi connectivity index (χ4n) is 2.38. The van der Waals surface area contributed by atoms with Crippen molar-refractivity contribution < 1.29 is 13.9 Å². The molecule has 0 atom stereocenters. The highest BCUT2D eigenvalue weighted by Gasteiger charge is 2.20. The summed E-state index contributed by atoms with van der Waals surface area (Å²) in [4.78, 5) is 11.4. The molecule has 3 nitrogen and oxygen atoms in total. The number of ether oxygens (including phenoxy) is 1. The molecule has 2 aromatic rings. The lowest BCUT2D eigenvalue weighted by Gasteiger charge is -2.08. The normalized spacial score (nSPS) is 13.9.